The molecule has 0 aliphatic rings. The Morgan fingerprint density at radius 3 is 2.74 bits per heavy atom. The molecule has 0 atom stereocenters. The summed E-state index contributed by atoms with van der Waals surface area (Å²) in [5.74, 6) is 0.205. The highest BCUT2D eigenvalue weighted by molar-refractivity contribution is 9.10. The number of carbonyl (C=O) groups excluding carboxylic acids is 1. The predicted molar refractivity (Wildman–Crippen MR) is 99.1 cm³/mol. The summed E-state index contributed by atoms with van der Waals surface area (Å²) in [5, 5.41) is 21.2. The summed E-state index contributed by atoms with van der Waals surface area (Å²) >= 11 is 3.35. The molecule has 3 rings (SSSR count). The van der Waals surface area contributed by atoms with E-state index < -0.39 is 4.92 Å². The largest absolute Gasteiger partial charge is 0.471 e. The van der Waals surface area contributed by atoms with Gasteiger partial charge in [-0.3, -0.25) is 4.79 Å². The van der Waals surface area contributed by atoms with Gasteiger partial charge in [-0.2, -0.15) is 9.78 Å². The van der Waals surface area contributed by atoms with Gasteiger partial charge < -0.3 is 20.2 Å². The van der Waals surface area contributed by atoms with E-state index >= 15 is 0 Å². The van der Waals surface area contributed by atoms with Gasteiger partial charge in [-0.15, -0.1) is 0 Å². The third kappa shape index (κ3) is 5.38. The number of aryl methyl sites for hydroxylation is 1. The molecule has 2 aromatic heterocycles. The first kappa shape index (κ1) is 18.6. The van der Waals surface area contributed by atoms with Crippen LogP contribution in [-0.2, 0) is 18.1 Å². The van der Waals surface area contributed by atoms with Crippen molar-refractivity contribution in [1.29, 1.82) is 0 Å². The third-order valence-electron chi connectivity index (χ3n) is 3.48. The second-order valence-corrected chi connectivity index (χ2v) is 6.40. The molecule has 0 saturated heterocycles. The summed E-state index contributed by atoms with van der Waals surface area (Å²) in [4.78, 5) is 22.0. The van der Waals surface area contributed by atoms with Crippen molar-refractivity contribution in [1.82, 2.24) is 19.6 Å². The fraction of sp³-hybridized carbons (Fsp3) is 0.188. The van der Waals surface area contributed by atoms with Gasteiger partial charge in [0, 0.05) is 10.9 Å². The lowest BCUT2D eigenvalue weighted by Gasteiger charge is -2.06. The Morgan fingerprint density at radius 2 is 2.04 bits per heavy atom. The van der Waals surface area contributed by atoms with E-state index in [9.17, 15) is 14.9 Å². The number of carbonyl (C=O) groups is 1. The van der Waals surface area contributed by atoms with Crippen molar-refractivity contribution in [3.05, 3.63) is 63.5 Å². The van der Waals surface area contributed by atoms with Gasteiger partial charge in [0.15, 0.2) is 6.73 Å². The maximum atomic E-state index is 12.0. The van der Waals surface area contributed by atoms with E-state index in [1.165, 1.54) is 23.1 Å². The van der Waals surface area contributed by atoms with Gasteiger partial charge in [-0.1, -0.05) is 15.9 Å². The van der Waals surface area contributed by atoms with Crippen LogP contribution in [0.5, 0.6) is 5.75 Å². The molecule has 0 radical (unpaired) electrons. The lowest BCUT2D eigenvalue weighted by Crippen LogP contribution is -2.14. The topological polar surface area (TPSA) is 117 Å². The van der Waals surface area contributed by atoms with E-state index in [0.29, 0.717) is 11.4 Å². The standard InChI is InChI=1S/C16H15BrN6O4/c17-12-1-3-14(4-2-12)27-11-22-10-13(9-18-22)19-16(24)6-8-21-7-5-15(20-21)23(25)26/h1-5,7,9-10H,6,8,11H2,(H,19,24). The minimum absolute atomic E-state index is 0.124. The molecule has 2 heterocycles. The minimum atomic E-state index is -0.582. The van der Waals surface area contributed by atoms with E-state index in [4.69, 9.17) is 4.74 Å². The Kier molecular flexibility index (Phi) is 5.81. The molecule has 1 aromatic carbocycles. The number of nitrogens with one attached hydrogen (secondary N) is 1. The molecule has 11 heteroatoms. The number of anilines is 1. The zero-order valence-electron chi connectivity index (χ0n) is 14.0. The number of nitrogens with zero attached hydrogens (tertiary/aromatic N) is 5. The summed E-state index contributed by atoms with van der Waals surface area (Å²) < 4.78 is 9.46. The van der Waals surface area contributed by atoms with E-state index in [-0.39, 0.29) is 31.4 Å². The molecular weight excluding hydrogens is 420 g/mol. The van der Waals surface area contributed by atoms with Gasteiger partial charge in [0.25, 0.3) is 0 Å². The van der Waals surface area contributed by atoms with Crippen molar-refractivity contribution >= 4 is 33.3 Å². The highest BCUT2D eigenvalue weighted by atomic mass is 79.9. The molecule has 0 bridgehead atoms. The molecule has 0 fully saturated rings. The van der Waals surface area contributed by atoms with Gasteiger partial charge in [0.05, 0.1) is 42.0 Å². The first-order valence-corrected chi connectivity index (χ1v) is 8.67. The summed E-state index contributed by atoms with van der Waals surface area (Å²) in [6, 6.07) is 8.69. The Morgan fingerprint density at radius 1 is 1.26 bits per heavy atom. The summed E-state index contributed by atoms with van der Waals surface area (Å²) in [7, 11) is 0. The molecule has 10 nitrogen and oxygen atoms in total. The van der Waals surface area contributed by atoms with Gasteiger partial charge in [0.1, 0.15) is 5.75 Å². The van der Waals surface area contributed by atoms with Crippen LogP contribution in [0.2, 0.25) is 0 Å². The smallest absolute Gasteiger partial charge is 0.389 e. The fourth-order valence-corrected chi connectivity index (χ4v) is 2.45. The average molecular weight is 435 g/mol. The fourth-order valence-electron chi connectivity index (χ4n) is 2.18. The average Bonchev–Trinajstić information content (AvgIpc) is 3.29. The molecule has 1 N–H and O–H groups in total. The molecule has 0 saturated carbocycles. The number of rotatable bonds is 8. The van der Waals surface area contributed by atoms with Gasteiger partial charge in [-0.25, -0.2) is 4.68 Å². The first-order valence-electron chi connectivity index (χ1n) is 7.88. The number of hydrogen-bond acceptors (Lipinski definition) is 6. The van der Waals surface area contributed by atoms with Crippen LogP contribution in [0, 0.1) is 10.1 Å². The zero-order valence-corrected chi connectivity index (χ0v) is 15.6. The van der Waals surface area contributed by atoms with Crippen LogP contribution in [0.15, 0.2) is 53.4 Å². The van der Waals surface area contributed by atoms with Crippen molar-refractivity contribution in [2.45, 2.75) is 19.7 Å². The van der Waals surface area contributed by atoms with E-state index in [1.54, 1.807) is 10.9 Å². The second-order valence-electron chi connectivity index (χ2n) is 5.49. The number of ether oxygens (including phenoxy) is 1. The highest BCUT2D eigenvalue weighted by Gasteiger charge is 2.12. The highest BCUT2D eigenvalue weighted by Crippen LogP contribution is 2.16. The molecular formula is C16H15BrN6O4. The second kappa shape index (κ2) is 8.45. The Hall–Kier alpha value is -3.21. The number of amides is 1. The molecule has 140 valence electrons. The molecule has 3 aromatic rings. The van der Waals surface area contributed by atoms with Crippen LogP contribution >= 0.6 is 15.9 Å². The minimum Gasteiger partial charge on any atom is -0.471 e. The molecule has 0 aliphatic carbocycles. The Balaban J connectivity index is 1.45. The van der Waals surface area contributed by atoms with E-state index in [2.05, 4.69) is 31.4 Å². The lowest BCUT2D eigenvalue weighted by atomic mass is 10.3. The quantitative estimate of drug-likeness (QED) is 0.430. The Labute approximate surface area is 162 Å². The normalized spacial score (nSPS) is 10.6. The first-order chi connectivity index (χ1) is 13.0. The third-order valence-corrected chi connectivity index (χ3v) is 4.00. The van der Waals surface area contributed by atoms with Crippen LogP contribution in [0.1, 0.15) is 6.42 Å². The van der Waals surface area contributed by atoms with Crippen LogP contribution in [0.3, 0.4) is 0 Å². The number of benzene rings is 1. The number of nitro groups is 1. The maximum Gasteiger partial charge on any atom is 0.389 e. The molecule has 27 heavy (non-hydrogen) atoms. The maximum absolute atomic E-state index is 12.0. The van der Waals surface area contributed by atoms with Crippen molar-refractivity contribution < 1.29 is 14.5 Å². The number of aromatic nitrogens is 4. The van der Waals surface area contributed by atoms with Crippen molar-refractivity contribution in [3.8, 4) is 5.75 Å². The number of hydrogen-bond donors (Lipinski definition) is 1. The van der Waals surface area contributed by atoms with Gasteiger partial charge >= 0.3 is 5.82 Å². The van der Waals surface area contributed by atoms with Crippen LogP contribution < -0.4 is 10.1 Å². The van der Waals surface area contributed by atoms with E-state index in [0.717, 1.165) is 4.47 Å². The summed E-state index contributed by atoms with van der Waals surface area (Å²) in [6.45, 7) is 0.439. The monoisotopic (exact) mass is 434 g/mol. The van der Waals surface area contributed by atoms with Crippen molar-refractivity contribution in [2.75, 3.05) is 5.32 Å². The number of halogens is 1. The predicted octanol–water partition coefficient (Wildman–Crippen LogP) is 2.82. The molecule has 1 amide bonds. The lowest BCUT2D eigenvalue weighted by molar-refractivity contribution is -0.389. The zero-order chi connectivity index (χ0) is 19.2. The Bertz CT molecular complexity index is 937. The van der Waals surface area contributed by atoms with Crippen LogP contribution in [0.25, 0.3) is 0 Å². The van der Waals surface area contributed by atoms with Crippen LogP contribution in [0.4, 0.5) is 11.5 Å². The van der Waals surface area contributed by atoms with E-state index in [1.807, 2.05) is 24.3 Å². The van der Waals surface area contributed by atoms with Crippen molar-refractivity contribution in [3.63, 3.8) is 0 Å². The van der Waals surface area contributed by atoms with Gasteiger partial charge in [-0.05, 0) is 29.2 Å². The van der Waals surface area contributed by atoms with Crippen molar-refractivity contribution in [2.24, 2.45) is 0 Å². The molecule has 0 spiro atoms. The summed E-state index contributed by atoms with van der Waals surface area (Å²) in [6.07, 6.45) is 4.75. The SMILES string of the molecule is O=C(CCn1ccc([N+](=O)[O-])n1)Nc1cnn(COc2ccc(Br)cc2)c1. The van der Waals surface area contributed by atoms with Gasteiger partial charge in [0.2, 0.25) is 5.91 Å². The molecule has 0 aliphatic heterocycles. The molecule has 0 unspecified atom stereocenters. The van der Waals surface area contributed by atoms with Crippen LogP contribution in [-0.4, -0.2) is 30.4 Å². The summed E-state index contributed by atoms with van der Waals surface area (Å²) in [5.41, 5.74) is 0.533.